The van der Waals surface area contributed by atoms with Gasteiger partial charge >= 0.3 is 6.03 Å². The molecule has 1 aliphatic carbocycles. The summed E-state index contributed by atoms with van der Waals surface area (Å²) in [6.07, 6.45) is 12.2. The molecule has 0 radical (unpaired) electrons. The quantitative estimate of drug-likeness (QED) is 0.589. The Labute approximate surface area is 134 Å². The van der Waals surface area contributed by atoms with Crippen LogP contribution in [0.25, 0.3) is 0 Å². The van der Waals surface area contributed by atoms with Crippen LogP contribution >= 0.6 is 0 Å². The van der Waals surface area contributed by atoms with E-state index in [1.165, 1.54) is 4.90 Å². The molecule has 1 saturated heterocycles. The fourth-order valence-electron chi connectivity index (χ4n) is 2.66. The summed E-state index contributed by atoms with van der Waals surface area (Å²) in [5.41, 5.74) is -0.502. The molecule has 2 N–H and O–H groups in total. The molecule has 2 heterocycles. The lowest BCUT2D eigenvalue weighted by Gasteiger charge is -2.28. The normalized spacial score (nSPS) is 26.3. The first-order chi connectivity index (χ1) is 11.1. The number of allylic oxidation sites excluding steroid dienone is 5. The van der Waals surface area contributed by atoms with Crippen LogP contribution in [-0.2, 0) is 9.59 Å². The first-order valence-electron chi connectivity index (χ1n) is 7.58. The van der Waals surface area contributed by atoms with Crippen molar-refractivity contribution in [3.63, 3.8) is 0 Å². The Balaban J connectivity index is 1.89. The molecule has 3 rings (SSSR count). The second kappa shape index (κ2) is 6.13. The number of carbonyl (C=O) groups excluding carboxylic acids is 3. The summed E-state index contributed by atoms with van der Waals surface area (Å²) in [5.74, 6) is 5.27. The minimum Gasteiger partial charge on any atom is -0.315 e. The van der Waals surface area contributed by atoms with E-state index in [-0.39, 0.29) is 12.5 Å². The largest absolute Gasteiger partial charge is 0.323 e. The molecule has 0 saturated carbocycles. The van der Waals surface area contributed by atoms with Crippen LogP contribution in [0.2, 0.25) is 0 Å². The molecule has 0 bridgehead atoms. The van der Waals surface area contributed by atoms with Gasteiger partial charge in [0.05, 0.1) is 6.54 Å². The summed E-state index contributed by atoms with van der Waals surface area (Å²) < 4.78 is 0. The Bertz CT molecular complexity index is 708. The Morgan fingerprint density at radius 2 is 2.00 bits per heavy atom. The molecule has 23 heavy (non-hydrogen) atoms. The smallest absolute Gasteiger partial charge is 0.315 e. The van der Waals surface area contributed by atoms with Crippen molar-refractivity contribution in [2.75, 3.05) is 6.54 Å². The molecule has 1 atom stereocenters. The van der Waals surface area contributed by atoms with E-state index in [9.17, 15) is 14.4 Å². The van der Waals surface area contributed by atoms with Crippen molar-refractivity contribution < 1.29 is 14.4 Å². The van der Waals surface area contributed by atoms with Crippen LogP contribution in [0, 0.1) is 11.8 Å². The van der Waals surface area contributed by atoms with Gasteiger partial charge in [-0.2, -0.15) is 0 Å². The van der Waals surface area contributed by atoms with E-state index in [2.05, 4.69) is 22.5 Å². The highest BCUT2D eigenvalue weighted by Crippen LogP contribution is 2.18. The van der Waals surface area contributed by atoms with Crippen LogP contribution < -0.4 is 10.6 Å². The number of amides is 4. The molecule has 118 valence electrons. The lowest BCUT2D eigenvalue weighted by atomic mass is 9.97. The number of rotatable bonds is 2. The lowest BCUT2D eigenvalue weighted by molar-refractivity contribution is -0.130. The summed E-state index contributed by atoms with van der Waals surface area (Å²) in [4.78, 5) is 37.3. The van der Waals surface area contributed by atoms with E-state index in [4.69, 9.17) is 0 Å². The average molecular weight is 311 g/mol. The number of imide groups is 1. The predicted octanol–water partition coefficient (Wildman–Crippen LogP) is 0.980. The van der Waals surface area contributed by atoms with E-state index < -0.39 is 17.5 Å². The minimum atomic E-state index is -1.41. The molecule has 0 aromatic heterocycles. The number of hydrogen-bond donors (Lipinski definition) is 2. The number of carbonyl (C=O) groups is 3. The third-order valence-electron chi connectivity index (χ3n) is 3.93. The summed E-state index contributed by atoms with van der Waals surface area (Å²) >= 11 is 0. The Morgan fingerprint density at radius 3 is 2.65 bits per heavy atom. The van der Waals surface area contributed by atoms with Gasteiger partial charge < -0.3 is 10.2 Å². The molecule has 2 aliphatic heterocycles. The number of nitrogens with one attached hydrogen (secondary N) is 2. The van der Waals surface area contributed by atoms with E-state index in [0.29, 0.717) is 12.8 Å². The standard InChI is InChI=1S/C17H17N3O3/c21-14-8-4-5-11-20(14)12-17(15(22)18-16(23)19-17)10-9-13-6-2-1-3-7-13/h1-2,5-6,11H,3-4,7-8,12H2,(H2,18,19,22,23). The lowest BCUT2D eigenvalue weighted by Crippen LogP contribution is -2.54. The molecule has 4 amide bonds. The molecule has 0 spiro atoms. The van der Waals surface area contributed by atoms with Crippen molar-refractivity contribution in [2.45, 2.75) is 31.2 Å². The average Bonchev–Trinajstić information content (AvgIpc) is 2.83. The highest BCUT2D eigenvalue weighted by atomic mass is 16.2. The maximum Gasteiger partial charge on any atom is 0.323 e. The Hall–Kier alpha value is -2.81. The SMILES string of the molecule is O=C1NC(=O)C(C#CC2=CC=CCC2)(CN2C=CCCC2=O)N1. The molecular weight excluding hydrogens is 294 g/mol. The van der Waals surface area contributed by atoms with Crippen molar-refractivity contribution in [1.82, 2.24) is 15.5 Å². The van der Waals surface area contributed by atoms with Gasteiger partial charge in [-0.3, -0.25) is 14.9 Å². The monoisotopic (exact) mass is 311 g/mol. The van der Waals surface area contributed by atoms with Gasteiger partial charge in [0.2, 0.25) is 11.4 Å². The van der Waals surface area contributed by atoms with Crippen LogP contribution in [0.5, 0.6) is 0 Å². The second-order valence-corrected chi connectivity index (χ2v) is 5.67. The Kier molecular flexibility index (Phi) is 4.02. The zero-order chi connectivity index (χ0) is 16.3. The van der Waals surface area contributed by atoms with Crippen molar-refractivity contribution in [2.24, 2.45) is 0 Å². The third-order valence-corrected chi connectivity index (χ3v) is 3.93. The van der Waals surface area contributed by atoms with Crippen molar-refractivity contribution in [1.29, 1.82) is 0 Å². The predicted molar refractivity (Wildman–Crippen MR) is 83.7 cm³/mol. The fourth-order valence-corrected chi connectivity index (χ4v) is 2.66. The second-order valence-electron chi connectivity index (χ2n) is 5.67. The maximum absolute atomic E-state index is 12.3. The van der Waals surface area contributed by atoms with Gasteiger partial charge in [0, 0.05) is 18.2 Å². The van der Waals surface area contributed by atoms with E-state index >= 15 is 0 Å². The van der Waals surface area contributed by atoms with Gasteiger partial charge in [0.1, 0.15) is 0 Å². The van der Waals surface area contributed by atoms with Crippen LogP contribution in [0.4, 0.5) is 4.79 Å². The summed E-state index contributed by atoms with van der Waals surface area (Å²) in [7, 11) is 0. The van der Waals surface area contributed by atoms with E-state index in [0.717, 1.165) is 18.4 Å². The first kappa shape index (κ1) is 15.1. The van der Waals surface area contributed by atoms with Gasteiger partial charge in [0.25, 0.3) is 5.91 Å². The van der Waals surface area contributed by atoms with E-state index in [1.54, 1.807) is 6.20 Å². The fraction of sp³-hybridized carbons (Fsp3) is 0.353. The first-order valence-corrected chi connectivity index (χ1v) is 7.58. The van der Waals surface area contributed by atoms with Crippen LogP contribution in [0.15, 0.2) is 36.1 Å². The highest BCUT2D eigenvalue weighted by Gasteiger charge is 2.47. The topological polar surface area (TPSA) is 78.5 Å². The number of urea groups is 1. The van der Waals surface area contributed by atoms with Crippen molar-refractivity contribution in [3.8, 4) is 11.8 Å². The summed E-state index contributed by atoms with van der Waals surface area (Å²) in [6.45, 7) is 0.00995. The third kappa shape index (κ3) is 3.19. The Morgan fingerprint density at radius 1 is 1.17 bits per heavy atom. The van der Waals surface area contributed by atoms with Crippen LogP contribution in [-0.4, -0.2) is 34.8 Å². The van der Waals surface area contributed by atoms with Crippen molar-refractivity contribution in [3.05, 3.63) is 36.1 Å². The summed E-state index contributed by atoms with van der Waals surface area (Å²) in [5, 5.41) is 4.79. The molecule has 6 heteroatoms. The molecular formula is C17H17N3O3. The van der Waals surface area contributed by atoms with Gasteiger partial charge in [-0.15, -0.1) is 0 Å². The van der Waals surface area contributed by atoms with Crippen LogP contribution in [0.1, 0.15) is 25.7 Å². The van der Waals surface area contributed by atoms with Crippen LogP contribution in [0.3, 0.4) is 0 Å². The van der Waals surface area contributed by atoms with Gasteiger partial charge in [0.15, 0.2) is 0 Å². The zero-order valence-electron chi connectivity index (χ0n) is 12.6. The van der Waals surface area contributed by atoms with Gasteiger partial charge in [-0.1, -0.05) is 36.1 Å². The summed E-state index contributed by atoms with van der Waals surface area (Å²) in [6, 6.07) is -0.588. The zero-order valence-corrected chi connectivity index (χ0v) is 12.6. The van der Waals surface area contributed by atoms with Gasteiger partial charge in [-0.25, -0.2) is 4.79 Å². The molecule has 1 unspecified atom stereocenters. The minimum absolute atomic E-state index is 0.00995. The molecule has 3 aliphatic rings. The van der Waals surface area contributed by atoms with Crippen molar-refractivity contribution >= 4 is 17.8 Å². The number of nitrogens with zero attached hydrogens (tertiary/aromatic N) is 1. The molecule has 6 nitrogen and oxygen atoms in total. The molecule has 1 fully saturated rings. The number of hydrogen-bond acceptors (Lipinski definition) is 3. The van der Waals surface area contributed by atoms with Gasteiger partial charge in [-0.05, 0) is 19.3 Å². The molecule has 0 aromatic carbocycles. The maximum atomic E-state index is 12.3. The molecule has 0 aromatic rings. The highest BCUT2D eigenvalue weighted by molar-refractivity contribution is 6.09. The van der Waals surface area contributed by atoms with E-state index in [1.807, 2.05) is 24.3 Å².